The summed E-state index contributed by atoms with van der Waals surface area (Å²) in [5.41, 5.74) is 1.18. The van der Waals surface area contributed by atoms with Crippen molar-refractivity contribution in [2.45, 2.75) is 39.7 Å². The number of nitrogens with one attached hydrogen (secondary N) is 1. The molecular weight excluding hydrogens is 174 g/mol. The van der Waals surface area contributed by atoms with Crippen molar-refractivity contribution in [3.63, 3.8) is 0 Å². The lowest BCUT2D eigenvalue weighted by atomic mass is 10.3. The van der Waals surface area contributed by atoms with Gasteiger partial charge in [0, 0.05) is 25.2 Å². The lowest BCUT2D eigenvalue weighted by molar-refractivity contribution is 0.524. The first kappa shape index (κ1) is 11.2. The summed E-state index contributed by atoms with van der Waals surface area (Å²) in [5.74, 6) is 0. The highest BCUT2D eigenvalue weighted by atomic mass is 15.3. The zero-order chi connectivity index (χ0) is 10.4. The summed E-state index contributed by atoms with van der Waals surface area (Å²) < 4.78 is 2.01. The maximum atomic E-state index is 4.48. The molecule has 0 aliphatic heterocycles. The van der Waals surface area contributed by atoms with Crippen molar-refractivity contribution in [3.8, 4) is 0 Å². The second-order valence-electron chi connectivity index (χ2n) is 3.88. The van der Waals surface area contributed by atoms with Gasteiger partial charge < -0.3 is 5.32 Å². The Morgan fingerprint density at radius 1 is 1.43 bits per heavy atom. The minimum atomic E-state index is 0.465. The zero-order valence-electron chi connectivity index (χ0n) is 9.45. The van der Waals surface area contributed by atoms with E-state index in [0.717, 1.165) is 19.5 Å². The van der Waals surface area contributed by atoms with Crippen LogP contribution < -0.4 is 5.32 Å². The predicted octanol–water partition coefficient (Wildman–Crippen LogP) is 2.01. The molecule has 0 bridgehead atoms. The monoisotopic (exact) mass is 195 g/mol. The van der Waals surface area contributed by atoms with E-state index in [9.17, 15) is 0 Å². The van der Waals surface area contributed by atoms with E-state index in [0.29, 0.717) is 6.04 Å². The van der Waals surface area contributed by atoms with Gasteiger partial charge in [-0.05, 0) is 32.9 Å². The van der Waals surface area contributed by atoms with Crippen LogP contribution in [-0.4, -0.2) is 22.9 Å². The summed E-state index contributed by atoms with van der Waals surface area (Å²) in [7, 11) is 0. The van der Waals surface area contributed by atoms with Crippen LogP contribution in [0, 0.1) is 0 Å². The molecule has 1 heterocycles. The molecule has 0 aliphatic rings. The molecule has 0 radical (unpaired) electrons. The van der Waals surface area contributed by atoms with Crippen LogP contribution in [0.2, 0.25) is 0 Å². The second kappa shape index (κ2) is 5.81. The number of hydrogen-bond acceptors (Lipinski definition) is 2. The molecule has 1 N–H and O–H groups in total. The highest BCUT2D eigenvalue weighted by molar-refractivity contribution is 4.99. The number of rotatable bonds is 6. The average molecular weight is 195 g/mol. The van der Waals surface area contributed by atoms with E-state index in [1.807, 2.05) is 4.68 Å². The Labute approximate surface area is 86.5 Å². The van der Waals surface area contributed by atoms with E-state index in [1.165, 1.54) is 12.1 Å². The quantitative estimate of drug-likeness (QED) is 0.704. The fraction of sp³-hybridized carbons (Fsp3) is 0.727. The number of aromatic nitrogens is 2. The molecule has 0 amide bonds. The molecule has 14 heavy (non-hydrogen) atoms. The molecule has 0 saturated carbocycles. The third-order valence-electron chi connectivity index (χ3n) is 2.18. The fourth-order valence-corrected chi connectivity index (χ4v) is 1.32. The molecule has 1 aromatic rings. The molecular formula is C11H21N3. The van der Waals surface area contributed by atoms with E-state index < -0.39 is 0 Å². The third kappa shape index (κ3) is 3.50. The summed E-state index contributed by atoms with van der Waals surface area (Å²) in [4.78, 5) is 0. The Bertz CT molecular complexity index is 253. The molecule has 0 spiro atoms. The van der Waals surface area contributed by atoms with Gasteiger partial charge in [-0.2, -0.15) is 5.10 Å². The Morgan fingerprint density at radius 3 is 2.79 bits per heavy atom. The van der Waals surface area contributed by atoms with Crippen LogP contribution in [0.1, 0.15) is 38.9 Å². The molecule has 1 rings (SSSR count). The maximum absolute atomic E-state index is 4.48. The second-order valence-corrected chi connectivity index (χ2v) is 3.88. The Morgan fingerprint density at radius 2 is 2.21 bits per heavy atom. The minimum Gasteiger partial charge on any atom is -0.316 e. The molecule has 1 aromatic heterocycles. The molecule has 0 saturated heterocycles. The predicted molar refractivity (Wildman–Crippen MR) is 59.5 cm³/mol. The molecule has 0 aromatic carbocycles. The third-order valence-corrected chi connectivity index (χ3v) is 2.18. The Kier molecular flexibility index (Phi) is 4.66. The highest BCUT2D eigenvalue weighted by Crippen LogP contribution is 2.04. The molecule has 0 fully saturated rings. The van der Waals surface area contributed by atoms with E-state index >= 15 is 0 Å². The summed E-state index contributed by atoms with van der Waals surface area (Å²) in [6.07, 6.45) is 4.28. The van der Waals surface area contributed by atoms with Gasteiger partial charge in [0.2, 0.25) is 0 Å². The standard InChI is InChI=1S/C11H21N3/c1-4-7-12-8-5-11-6-9-14(13-11)10(2)3/h6,9-10,12H,4-5,7-8H2,1-3H3. The Balaban J connectivity index is 2.29. The van der Waals surface area contributed by atoms with Crippen molar-refractivity contribution < 1.29 is 0 Å². The van der Waals surface area contributed by atoms with Gasteiger partial charge in [0.05, 0.1) is 5.69 Å². The first-order valence-electron chi connectivity index (χ1n) is 5.48. The largest absolute Gasteiger partial charge is 0.316 e. The fourth-order valence-electron chi connectivity index (χ4n) is 1.32. The summed E-state index contributed by atoms with van der Waals surface area (Å²) in [6.45, 7) is 8.60. The Hall–Kier alpha value is -0.830. The van der Waals surface area contributed by atoms with Crippen LogP contribution in [-0.2, 0) is 6.42 Å². The van der Waals surface area contributed by atoms with Gasteiger partial charge in [-0.15, -0.1) is 0 Å². The van der Waals surface area contributed by atoms with Gasteiger partial charge >= 0.3 is 0 Å². The summed E-state index contributed by atoms with van der Waals surface area (Å²) in [6, 6.07) is 2.57. The molecule has 0 unspecified atom stereocenters. The van der Waals surface area contributed by atoms with E-state index in [4.69, 9.17) is 0 Å². The molecule has 0 aliphatic carbocycles. The number of hydrogen-bond donors (Lipinski definition) is 1. The van der Waals surface area contributed by atoms with Crippen molar-refractivity contribution in [2.75, 3.05) is 13.1 Å². The van der Waals surface area contributed by atoms with Crippen LogP contribution in [0.4, 0.5) is 0 Å². The minimum absolute atomic E-state index is 0.465. The van der Waals surface area contributed by atoms with Crippen molar-refractivity contribution in [1.82, 2.24) is 15.1 Å². The van der Waals surface area contributed by atoms with Gasteiger partial charge in [-0.1, -0.05) is 6.92 Å². The smallest absolute Gasteiger partial charge is 0.0637 e. The van der Waals surface area contributed by atoms with Crippen LogP contribution in [0.5, 0.6) is 0 Å². The van der Waals surface area contributed by atoms with Crippen LogP contribution in [0.3, 0.4) is 0 Å². The van der Waals surface area contributed by atoms with E-state index in [1.54, 1.807) is 0 Å². The molecule has 80 valence electrons. The highest BCUT2D eigenvalue weighted by Gasteiger charge is 2.00. The van der Waals surface area contributed by atoms with E-state index in [-0.39, 0.29) is 0 Å². The topological polar surface area (TPSA) is 29.9 Å². The van der Waals surface area contributed by atoms with Gasteiger partial charge in [0.25, 0.3) is 0 Å². The van der Waals surface area contributed by atoms with E-state index in [2.05, 4.69) is 43.4 Å². The molecule has 3 heteroatoms. The SMILES string of the molecule is CCCNCCc1ccn(C(C)C)n1. The van der Waals surface area contributed by atoms with Crippen LogP contribution >= 0.6 is 0 Å². The lowest BCUT2D eigenvalue weighted by Gasteiger charge is -2.04. The van der Waals surface area contributed by atoms with Crippen LogP contribution in [0.25, 0.3) is 0 Å². The van der Waals surface area contributed by atoms with Crippen molar-refractivity contribution in [1.29, 1.82) is 0 Å². The average Bonchev–Trinajstić information content (AvgIpc) is 2.61. The molecule has 3 nitrogen and oxygen atoms in total. The first-order valence-corrected chi connectivity index (χ1v) is 5.48. The molecule has 0 atom stereocenters. The first-order chi connectivity index (χ1) is 6.74. The van der Waals surface area contributed by atoms with Gasteiger partial charge in [0.15, 0.2) is 0 Å². The maximum Gasteiger partial charge on any atom is 0.0637 e. The zero-order valence-corrected chi connectivity index (χ0v) is 9.45. The van der Waals surface area contributed by atoms with Crippen molar-refractivity contribution in [3.05, 3.63) is 18.0 Å². The lowest BCUT2D eigenvalue weighted by Crippen LogP contribution is -2.18. The normalized spacial score (nSPS) is 11.1. The van der Waals surface area contributed by atoms with Gasteiger partial charge in [-0.3, -0.25) is 4.68 Å². The van der Waals surface area contributed by atoms with Crippen molar-refractivity contribution >= 4 is 0 Å². The summed E-state index contributed by atoms with van der Waals surface area (Å²) >= 11 is 0. The number of nitrogens with zero attached hydrogens (tertiary/aromatic N) is 2. The van der Waals surface area contributed by atoms with Gasteiger partial charge in [0.1, 0.15) is 0 Å². The van der Waals surface area contributed by atoms with Crippen molar-refractivity contribution in [2.24, 2.45) is 0 Å². The van der Waals surface area contributed by atoms with Gasteiger partial charge in [-0.25, -0.2) is 0 Å². The summed E-state index contributed by atoms with van der Waals surface area (Å²) in [5, 5.41) is 7.86. The van der Waals surface area contributed by atoms with Crippen LogP contribution in [0.15, 0.2) is 12.3 Å².